The number of fused-ring (bicyclic) bond motifs is 3. The van der Waals surface area contributed by atoms with Crippen LogP contribution in [0, 0.1) is 5.92 Å². The zero-order chi connectivity index (χ0) is 12.1. The van der Waals surface area contributed by atoms with Gasteiger partial charge < -0.3 is 19.9 Å². The summed E-state index contributed by atoms with van der Waals surface area (Å²) in [5, 5.41) is 3.66. The van der Waals surface area contributed by atoms with Crippen molar-refractivity contribution in [3.63, 3.8) is 0 Å². The molecule has 0 radical (unpaired) electrons. The highest BCUT2D eigenvalue weighted by Crippen LogP contribution is 2.27. The molecule has 0 amide bonds. The lowest BCUT2D eigenvalue weighted by Gasteiger charge is -2.45. The second-order valence-corrected chi connectivity index (χ2v) is 5.61. The van der Waals surface area contributed by atoms with E-state index < -0.39 is 0 Å². The number of nitrogens with zero attached hydrogens (tertiary/aromatic N) is 2. The van der Waals surface area contributed by atoms with Gasteiger partial charge in [-0.3, -0.25) is 0 Å². The fourth-order valence-electron chi connectivity index (χ4n) is 2.86. The molecule has 0 aromatic carbocycles. The minimum Gasteiger partial charge on any atom is -0.379 e. The van der Waals surface area contributed by atoms with Crippen molar-refractivity contribution in [1.82, 2.24) is 15.1 Å². The average Bonchev–Trinajstić information content (AvgIpc) is 2.35. The van der Waals surface area contributed by atoms with Crippen molar-refractivity contribution in [3.05, 3.63) is 0 Å². The third-order valence-corrected chi connectivity index (χ3v) is 3.99. The minimum absolute atomic E-state index is 0.718. The van der Waals surface area contributed by atoms with Crippen LogP contribution >= 0.6 is 0 Å². The van der Waals surface area contributed by atoms with Gasteiger partial charge in [-0.05, 0) is 45.9 Å². The van der Waals surface area contributed by atoms with Gasteiger partial charge in [0.05, 0.1) is 13.2 Å². The van der Waals surface area contributed by atoms with Gasteiger partial charge in [0, 0.05) is 25.7 Å². The Balaban J connectivity index is 1.51. The minimum atomic E-state index is 0.718. The predicted octanol–water partition coefficient (Wildman–Crippen LogP) is 0.248. The van der Waals surface area contributed by atoms with E-state index in [2.05, 4.69) is 29.2 Å². The van der Waals surface area contributed by atoms with E-state index in [1.54, 1.807) is 0 Å². The Kier molecular flexibility index (Phi) is 5.22. The zero-order valence-electron chi connectivity index (χ0n) is 11.3. The first kappa shape index (κ1) is 13.3. The summed E-state index contributed by atoms with van der Waals surface area (Å²) >= 11 is 0. The molecular weight excluding hydrogens is 214 g/mol. The molecule has 0 aliphatic carbocycles. The van der Waals surface area contributed by atoms with Crippen LogP contribution in [0.2, 0.25) is 0 Å². The fraction of sp³-hybridized carbons (Fsp3) is 1.00. The highest BCUT2D eigenvalue weighted by atomic mass is 16.5. The second kappa shape index (κ2) is 6.69. The van der Waals surface area contributed by atoms with Gasteiger partial charge in [0.1, 0.15) is 0 Å². The van der Waals surface area contributed by atoms with Gasteiger partial charge in [-0.2, -0.15) is 0 Å². The maximum absolute atomic E-state index is 5.60. The van der Waals surface area contributed by atoms with Gasteiger partial charge in [-0.15, -0.1) is 0 Å². The Morgan fingerprint density at radius 1 is 1.24 bits per heavy atom. The molecule has 3 heterocycles. The number of likely N-dealkylation sites (N-methyl/N-ethyl adjacent to an activating group) is 1. The lowest BCUT2D eigenvalue weighted by molar-refractivity contribution is 0.0633. The average molecular weight is 241 g/mol. The molecule has 0 saturated carbocycles. The number of hydrogen-bond donors (Lipinski definition) is 1. The van der Waals surface area contributed by atoms with E-state index in [0.29, 0.717) is 0 Å². The van der Waals surface area contributed by atoms with E-state index in [1.807, 2.05) is 0 Å². The Morgan fingerprint density at radius 2 is 2.00 bits per heavy atom. The van der Waals surface area contributed by atoms with Gasteiger partial charge in [0.15, 0.2) is 0 Å². The predicted molar refractivity (Wildman–Crippen MR) is 70.3 cm³/mol. The molecule has 4 nitrogen and oxygen atoms in total. The summed E-state index contributed by atoms with van der Waals surface area (Å²) in [6, 6.07) is 0.718. The van der Waals surface area contributed by atoms with E-state index in [9.17, 15) is 0 Å². The summed E-state index contributed by atoms with van der Waals surface area (Å²) in [6.45, 7) is 7.60. The Hall–Kier alpha value is -0.160. The number of rotatable bonds is 7. The third kappa shape index (κ3) is 4.21. The van der Waals surface area contributed by atoms with Gasteiger partial charge >= 0.3 is 0 Å². The van der Waals surface area contributed by atoms with Gasteiger partial charge in [-0.1, -0.05) is 0 Å². The lowest BCUT2D eigenvalue weighted by atomic mass is 9.84. The van der Waals surface area contributed by atoms with E-state index in [0.717, 1.165) is 38.3 Å². The van der Waals surface area contributed by atoms with Crippen molar-refractivity contribution in [2.75, 3.05) is 60.0 Å². The van der Waals surface area contributed by atoms with Crippen LogP contribution in [-0.4, -0.2) is 75.9 Å². The maximum Gasteiger partial charge on any atom is 0.0593 e. The maximum atomic E-state index is 5.60. The molecule has 0 aromatic heterocycles. The quantitative estimate of drug-likeness (QED) is 0.647. The molecule has 0 spiro atoms. The summed E-state index contributed by atoms with van der Waals surface area (Å²) in [6.07, 6.45) is 2.78. The molecule has 2 bridgehead atoms. The second-order valence-electron chi connectivity index (χ2n) is 5.61. The Labute approximate surface area is 105 Å². The Bertz CT molecular complexity index is 215. The van der Waals surface area contributed by atoms with Crippen LogP contribution in [0.15, 0.2) is 0 Å². The van der Waals surface area contributed by atoms with Crippen LogP contribution in [0.1, 0.15) is 12.8 Å². The van der Waals surface area contributed by atoms with Crippen molar-refractivity contribution >= 4 is 0 Å². The van der Waals surface area contributed by atoms with Crippen LogP contribution < -0.4 is 5.32 Å². The molecule has 1 N–H and O–H groups in total. The van der Waals surface area contributed by atoms with Gasteiger partial charge in [-0.25, -0.2) is 0 Å². The van der Waals surface area contributed by atoms with E-state index >= 15 is 0 Å². The van der Waals surface area contributed by atoms with Crippen LogP contribution in [0.5, 0.6) is 0 Å². The summed E-state index contributed by atoms with van der Waals surface area (Å²) < 4.78 is 5.60. The normalized spacial score (nSPS) is 32.3. The molecular formula is C13H27N3O. The summed E-state index contributed by atoms with van der Waals surface area (Å²) in [7, 11) is 4.16. The Morgan fingerprint density at radius 3 is 2.59 bits per heavy atom. The first-order valence-electron chi connectivity index (χ1n) is 6.94. The third-order valence-electron chi connectivity index (χ3n) is 3.99. The van der Waals surface area contributed by atoms with Gasteiger partial charge in [0.2, 0.25) is 0 Å². The van der Waals surface area contributed by atoms with Crippen LogP contribution in [0.3, 0.4) is 0 Å². The molecule has 17 heavy (non-hydrogen) atoms. The highest BCUT2D eigenvalue weighted by molar-refractivity contribution is 4.90. The van der Waals surface area contributed by atoms with Crippen molar-refractivity contribution in [2.45, 2.75) is 18.9 Å². The fourth-order valence-corrected chi connectivity index (χ4v) is 2.86. The topological polar surface area (TPSA) is 27.7 Å². The highest BCUT2D eigenvalue weighted by Gasteiger charge is 2.33. The largest absolute Gasteiger partial charge is 0.379 e. The zero-order valence-corrected chi connectivity index (χ0v) is 11.3. The lowest BCUT2D eigenvalue weighted by Crippen LogP contribution is -2.56. The van der Waals surface area contributed by atoms with Crippen molar-refractivity contribution < 1.29 is 4.74 Å². The van der Waals surface area contributed by atoms with Crippen molar-refractivity contribution in [3.8, 4) is 0 Å². The SMILES string of the molecule is CN(C)CCOCCNC1CN2CCC1CC2. The molecule has 0 aromatic rings. The van der Waals surface area contributed by atoms with E-state index in [4.69, 9.17) is 4.74 Å². The number of ether oxygens (including phenoxy) is 1. The molecule has 1 unspecified atom stereocenters. The monoisotopic (exact) mass is 241 g/mol. The number of nitrogens with one attached hydrogen (secondary N) is 1. The molecule has 3 aliphatic rings. The molecule has 3 rings (SSSR count). The standard InChI is InChI=1S/C13H27N3O/c1-15(2)8-10-17-9-5-14-13-11-16-6-3-12(13)4-7-16/h12-14H,3-11H2,1-2H3. The smallest absolute Gasteiger partial charge is 0.0593 e. The first-order chi connectivity index (χ1) is 8.25. The summed E-state index contributed by atoms with van der Waals surface area (Å²) in [4.78, 5) is 4.74. The van der Waals surface area contributed by atoms with Crippen LogP contribution in [-0.2, 0) is 4.74 Å². The summed E-state index contributed by atoms with van der Waals surface area (Å²) in [5.74, 6) is 0.918. The molecule has 3 saturated heterocycles. The van der Waals surface area contributed by atoms with E-state index in [-0.39, 0.29) is 0 Å². The molecule has 3 aliphatic heterocycles. The van der Waals surface area contributed by atoms with Crippen molar-refractivity contribution in [1.29, 1.82) is 0 Å². The van der Waals surface area contributed by atoms with Crippen LogP contribution in [0.25, 0.3) is 0 Å². The molecule has 3 fully saturated rings. The van der Waals surface area contributed by atoms with Gasteiger partial charge in [0.25, 0.3) is 0 Å². The molecule has 100 valence electrons. The number of hydrogen-bond acceptors (Lipinski definition) is 4. The van der Waals surface area contributed by atoms with Crippen LogP contribution in [0.4, 0.5) is 0 Å². The number of piperidine rings is 3. The molecule has 1 atom stereocenters. The summed E-state index contributed by atoms with van der Waals surface area (Å²) in [5.41, 5.74) is 0. The first-order valence-corrected chi connectivity index (χ1v) is 6.94. The van der Waals surface area contributed by atoms with E-state index in [1.165, 1.54) is 32.5 Å². The van der Waals surface area contributed by atoms with Crippen molar-refractivity contribution in [2.24, 2.45) is 5.92 Å². The molecule has 4 heteroatoms.